The highest BCUT2D eigenvalue weighted by molar-refractivity contribution is 5.29. The Bertz CT molecular complexity index is 494. The first-order valence-electron chi connectivity index (χ1n) is 7.88. The van der Waals surface area contributed by atoms with Crippen LogP contribution in [0.5, 0.6) is 5.75 Å². The summed E-state index contributed by atoms with van der Waals surface area (Å²) >= 11 is 0. The molecule has 3 nitrogen and oxygen atoms in total. The van der Waals surface area contributed by atoms with Crippen molar-refractivity contribution in [1.82, 2.24) is 4.90 Å². The summed E-state index contributed by atoms with van der Waals surface area (Å²) in [5.41, 5.74) is 7.39. The van der Waals surface area contributed by atoms with E-state index in [0.29, 0.717) is 23.8 Å². The van der Waals surface area contributed by atoms with Gasteiger partial charge in [0.2, 0.25) is 0 Å². The number of ether oxygens (including phenoxy) is 1. The maximum absolute atomic E-state index is 13.8. The third kappa shape index (κ3) is 2.92. The quantitative estimate of drug-likeness (QED) is 0.927. The van der Waals surface area contributed by atoms with Gasteiger partial charge in [0.1, 0.15) is 0 Å². The molecule has 1 aromatic rings. The normalized spacial score (nSPS) is 30.4. The lowest BCUT2D eigenvalue weighted by Gasteiger charge is -2.38. The molecular weight excluding hydrogens is 267 g/mol. The smallest absolute Gasteiger partial charge is 0.165 e. The van der Waals surface area contributed by atoms with Crippen LogP contribution in [-0.2, 0) is 6.42 Å². The van der Waals surface area contributed by atoms with Gasteiger partial charge in [0.25, 0.3) is 0 Å². The lowest BCUT2D eigenvalue weighted by Crippen LogP contribution is -2.46. The van der Waals surface area contributed by atoms with Gasteiger partial charge >= 0.3 is 0 Å². The van der Waals surface area contributed by atoms with Crippen LogP contribution in [0.3, 0.4) is 0 Å². The van der Waals surface area contributed by atoms with Crippen LogP contribution in [0, 0.1) is 11.7 Å². The number of nitrogens with zero attached hydrogens (tertiary/aromatic N) is 1. The van der Waals surface area contributed by atoms with Gasteiger partial charge in [0.15, 0.2) is 11.6 Å². The molecule has 2 bridgehead atoms. The molecule has 21 heavy (non-hydrogen) atoms. The minimum absolute atomic E-state index is 0.120. The highest BCUT2D eigenvalue weighted by Gasteiger charge is 2.40. The molecule has 3 atom stereocenters. The molecule has 3 rings (SSSR count). The fourth-order valence-electron chi connectivity index (χ4n) is 4.08. The van der Waals surface area contributed by atoms with Gasteiger partial charge in [-0.1, -0.05) is 6.07 Å². The van der Waals surface area contributed by atoms with E-state index in [4.69, 9.17) is 10.5 Å². The largest absolute Gasteiger partial charge is 0.494 e. The molecule has 1 aromatic carbocycles. The molecule has 2 saturated heterocycles. The Hall–Kier alpha value is -1.13. The van der Waals surface area contributed by atoms with Crippen molar-refractivity contribution in [3.8, 4) is 5.75 Å². The molecule has 0 saturated carbocycles. The average Bonchev–Trinajstić information content (AvgIpc) is 2.69. The molecule has 2 fully saturated rings. The van der Waals surface area contributed by atoms with Crippen LogP contribution >= 0.6 is 0 Å². The van der Waals surface area contributed by atoms with E-state index in [-0.39, 0.29) is 11.9 Å². The van der Waals surface area contributed by atoms with Gasteiger partial charge in [-0.3, -0.25) is 0 Å². The monoisotopic (exact) mass is 292 g/mol. The zero-order chi connectivity index (χ0) is 15.0. The number of nitrogens with two attached hydrogens (primary N) is 1. The number of halogens is 1. The van der Waals surface area contributed by atoms with Gasteiger partial charge in [0, 0.05) is 18.1 Å². The van der Waals surface area contributed by atoms with E-state index in [1.165, 1.54) is 32.8 Å². The molecule has 0 aliphatic carbocycles. The Morgan fingerprint density at radius 3 is 2.57 bits per heavy atom. The summed E-state index contributed by atoms with van der Waals surface area (Å²) < 4.78 is 18.7. The third-order valence-corrected chi connectivity index (χ3v) is 5.43. The maximum atomic E-state index is 13.8. The highest BCUT2D eigenvalue weighted by atomic mass is 19.1. The van der Waals surface area contributed by atoms with Crippen LogP contribution in [0.15, 0.2) is 18.2 Å². The van der Waals surface area contributed by atoms with Crippen molar-refractivity contribution >= 4 is 0 Å². The Morgan fingerprint density at radius 1 is 1.33 bits per heavy atom. The number of hydrogen-bond donors (Lipinski definition) is 1. The predicted molar refractivity (Wildman–Crippen MR) is 81.9 cm³/mol. The minimum Gasteiger partial charge on any atom is -0.494 e. The number of piperidine rings is 1. The fourth-order valence-corrected chi connectivity index (χ4v) is 4.08. The molecule has 2 heterocycles. The van der Waals surface area contributed by atoms with Crippen molar-refractivity contribution in [1.29, 1.82) is 0 Å². The number of fused-ring (bicyclic) bond motifs is 2. The van der Waals surface area contributed by atoms with Crippen LogP contribution in [0.25, 0.3) is 0 Å². The standard InChI is InChI=1S/C17H25FN2O/c1-20-13-4-5-14(20)10-12(9-13)16(19)8-11-3-6-17(21-2)15(18)7-11/h3,6-7,12-14,16H,4-5,8-10,19H2,1-2H3. The van der Waals surface area contributed by atoms with Crippen molar-refractivity contribution in [2.45, 2.75) is 50.2 Å². The van der Waals surface area contributed by atoms with Gasteiger partial charge in [-0.2, -0.15) is 0 Å². The van der Waals surface area contributed by atoms with E-state index in [1.807, 2.05) is 6.07 Å². The van der Waals surface area contributed by atoms with E-state index >= 15 is 0 Å². The highest BCUT2D eigenvalue weighted by Crippen LogP contribution is 2.38. The first kappa shape index (κ1) is 14.8. The molecule has 2 N–H and O–H groups in total. The van der Waals surface area contributed by atoms with Crippen LogP contribution < -0.4 is 10.5 Å². The molecule has 0 amide bonds. The summed E-state index contributed by atoms with van der Waals surface area (Å²) in [7, 11) is 3.72. The SMILES string of the molecule is COc1ccc(CC(N)C2CC3CCC(C2)N3C)cc1F. The van der Waals surface area contributed by atoms with Gasteiger partial charge in [-0.15, -0.1) is 0 Å². The van der Waals surface area contributed by atoms with Gasteiger partial charge in [-0.25, -0.2) is 4.39 Å². The van der Waals surface area contributed by atoms with Crippen molar-refractivity contribution in [3.63, 3.8) is 0 Å². The van der Waals surface area contributed by atoms with E-state index in [9.17, 15) is 4.39 Å². The van der Waals surface area contributed by atoms with E-state index in [0.717, 1.165) is 12.0 Å². The lowest BCUT2D eigenvalue weighted by atomic mass is 9.83. The summed E-state index contributed by atoms with van der Waals surface area (Å²) in [6.07, 6.45) is 5.73. The number of rotatable bonds is 4. The Labute approximate surface area is 126 Å². The lowest BCUT2D eigenvalue weighted by molar-refractivity contribution is 0.120. The van der Waals surface area contributed by atoms with E-state index in [1.54, 1.807) is 12.1 Å². The van der Waals surface area contributed by atoms with E-state index in [2.05, 4.69) is 11.9 Å². The number of hydrogen-bond acceptors (Lipinski definition) is 3. The summed E-state index contributed by atoms with van der Waals surface area (Å²) in [5, 5.41) is 0. The second-order valence-electron chi connectivity index (χ2n) is 6.62. The number of benzene rings is 1. The van der Waals surface area contributed by atoms with Crippen molar-refractivity contribution < 1.29 is 9.13 Å². The zero-order valence-electron chi connectivity index (χ0n) is 12.9. The molecule has 3 unspecified atom stereocenters. The zero-order valence-corrected chi connectivity index (χ0v) is 12.9. The number of methoxy groups -OCH3 is 1. The first-order chi connectivity index (χ1) is 10.1. The second-order valence-corrected chi connectivity index (χ2v) is 6.62. The molecule has 0 spiro atoms. The minimum atomic E-state index is -0.300. The Kier molecular flexibility index (Phi) is 4.18. The summed E-state index contributed by atoms with van der Waals surface area (Å²) in [5.74, 6) is 0.555. The van der Waals surface area contributed by atoms with Crippen LogP contribution in [0.4, 0.5) is 4.39 Å². The molecule has 0 radical (unpaired) electrons. The molecule has 116 valence electrons. The summed E-state index contributed by atoms with van der Waals surface area (Å²) in [4.78, 5) is 2.52. The topological polar surface area (TPSA) is 38.5 Å². The molecular formula is C17H25FN2O. The summed E-state index contributed by atoms with van der Waals surface area (Å²) in [6, 6.07) is 6.69. The second kappa shape index (κ2) is 5.93. The van der Waals surface area contributed by atoms with Gasteiger partial charge < -0.3 is 15.4 Å². The summed E-state index contributed by atoms with van der Waals surface area (Å²) in [6.45, 7) is 0. The molecule has 2 aliphatic rings. The van der Waals surface area contributed by atoms with Crippen molar-refractivity contribution in [2.24, 2.45) is 11.7 Å². The first-order valence-corrected chi connectivity index (χ1v) is 7.88. The maximum Gasteiger partial charge on any atom is 0.165 e. The average molecular weight is 292 g/mol. The van der Waals surface area contributed by atoms with Crippen molar-refractivity contribution in [2.75, 3.05) is 14.2 Å². The third-order valence-electron chi connectivity index (χ3n) is 5.43. The fraction of sp³-hybridized carbons (Fsp3) is 0.647. The van der Waals surface area contributed by atoms with Crippen LogP contribution in [0.2, 0.25) is 0 Å². The van der Waals surface area contributed by atoms with Gasteiger partial charge in [-0.05, 0) is 62.8 Å². The van der Waals surface area contributed by atoms with Crippen LogP contribution in [-0.4, -0.2) is 37.2 Å². The Balaban J connectivity index is 1.64. The van der Waals surface area contributed by atoms with E-state index < -0.39 is 0 Å². The predicted octanol–water partition coefficient (Wildman–Crippen LogP) is 2.58. The van der Waals surface area contributed by atoms with Crippen molar-refractivity contribution in [3.05, 3.63) is 29.6 Å². The molecule has 2 aliphatic heterocycles. The van der Waals surface area contributed by atoms with Gasteiger partial charge in [0.05, 0.1) is 7.11 Å². The molecule has 0 aromatic heterocycles. The molecule has 4 heteroatoms. The Morgan fingerprint density at radius 2 is 2.00 bits per heavy atom. The van der Waals surface area contributed by atoms with Crippen LogP contribution in [0.1, 0.15) is 31.2 Å².